The van der Waals surface area contributed by atoms with Gasteiger partial charge >= 0.3 is 0 Å². The van der Waals surface area contributed by atoms with Gasteiger partial charge in [-0.15, -0.1) is 0 Å². The van der Waals surface area contributed by atoms with Crippen molar-refractivity contribution in [2.24, 2.45) is 11.8 Å². The molecule has 4 heteroatoms. The minimum absolute atomic E-state index is 0.725. The van der Waals surface area contributed by atoms with Crippen LogP contribution in [-0.2, 0) is 11.3 Å². The lowest BCUT2D eigenvalue weighted by Gasteiger charge is -2.13. The number of nitrogens with one attached hydrogen (secondary N) is 1. The van der Waals surface area contributed by atoms with E-state index in [1.54, 1.807) is 7.11 Å². The highest BCUT2D eigenvalue weighted by Crippen LogP contribution is 2.36. The van der Waals surface area contributed by atoms with E-state index < -0.39 is 0 Å². The largest absolute Gasteiger partial charge is 0.383 e. The van der Waals surface area contributed by atoms with Gasteiger partial charge in [0, 0.05) is 32.6 Å². The van der Waals surface area contributed by atoms with Gasteiger partial charge in [0.25, 0.3) is 0 Å². The molecule has 0 amide bonds. The molecule has 0 aliphatic heterocycles. The van der Waals surface area contributed by atoms with Crippen molar-refractivity contribution in [2.75, 3.05) is 25.6 Å². The van der Waals surface area contributed by atoms with E-state index in [1.165, 1.54) is 12.8 Å². The third kappa shape index (κ3) is 2.98. The second-order valence-electron chi connectivity index (χ2n) is 4.63. The van der Waals surface area contributed by atoms with E-state index in [1.807, 2.05) is 12.4 Å². The molecule has 1 fully saturated rings. The number of ether oxygens (including phenoxy) is 1. The summed E-state index contributed by atoms with van der Waals surface area (Å²) >= 11 is 0. The van der Waals surface area contributed by atoms with Crippen LogP contribution in [0.2, 0.25) is 0 Å². The topological polar surface area (TPSA) is 39.1 Å². The first-order valence-corrected chi connectivity index (χ1v) is 6.05. The fraction of sp³-hybridized carbons (Fsp3) is 0.750. The molecule has 0 bridgehead atoms. The Morgan fingerprint density at radius 2 is 2.44 bits per heavy atom. The van der Waals surface area contributed by atoms with Gasteiger partial charge < -0.3 is 14.6 Å². The summed E-state index contributed by atoms with van der Waals surface area (Å²) in [6, 6.07) is 0. The highest BCUT2D eigenvalue weighted by molar-refractivity contribution is 5.25. The molecule has 0 spiro atoms. The van der Waals surface area contributed by atoms with Crippen molar-refractivity contribution in [1.82, 2.24) is 9.55 Å². The van der Waals surface area contributed by atoms with Crippen molar-refractivity contribution < 1.29 is 4.74 Å². The lowest BCUT2D eigenvalue weighted by atomic mass is 10.1. The summed E-state index contributed by atoms with van der Waals surface area (Å²) in [7, 11) is 1.72. The van der Waals surface area contributed by atoms with Gasteiger partial charge in [-0.25, -0.2) is 4.98 Å². The molecule has 0 aromatic carbocycles. The van der Waals surface area contributed by atoms with Gasteiger partial charge in [0.05, 0.1) is 6.61 Å². The van der Waals surface area contributed by atoms with Gasteiger partial charge in [0.2, 0.25) is 5.95 Å². The maximum absolute atomic E-state index is 5.07. The van der Waals surface area contributed by atoms with Crippen molar-refractivity contribution in [3.63, 3.8) is 0 Å². The highest BCUT2D eigenvalue weighted by Gasteiger charge is 2.27. The fourth-order valence-electron chi connectivity index (χ4n) is 1.93. The van der Waals surface area contributed by atoms with E-state index in [-0.39, 0.29) is 0 Å². The predicted octanol–water partition coefficient (Wildman–Crippen LogP) is 1.99. The number of methoxy groups -OCH3 is 1. The molecule has 1 N–H and O–H groups in total. The quantitative estimate of drug-likeness (QED) is 0.768. The Kier molecular flexibility index (Phi) is 3.83. The van der Waals surface area contributed by atoms with E-state index in [4.69, 9.17) is 4.74 Å². The number of nitrogens with zero attached hydrogens (tertiary/aromatic N) is 2. The first-order valence-electron chi connectivity index (χ1n) is 6.05. The van der Waals surface area contributed by atoms with Crippen LogP contribution in [0.5, 0.6) is 0 Å². The van der Waals surface area contributed by atoms with Crippen LogP contribution in [-0.4, -0.2) is 29.8 Å². The molecule has 0 radical (unpaired) electrons. The van der Waals surface area contributed by atoms with Gasteiger partial charge in [-0.2, -0.15) is 0 Å². The zero-order valence-electron chi connectivity index (χ0n) is 10.1. The SMILES string of the molecule is COCCn1ccnc1NCC(C)C1CC1. The van der Waals surface area contributed by atoms with Crippen LogP contribution in [0.4, 0.5) is 5.95 Å². The molecule has 1 saturated carbocycles. The lowest BCUT2D eigenvalue weighted by molar-refractivity contribution is 0.187. The van der Waals surface area contributed by atoms with Gasteiger partial charge in [-0.1, -0.05) is 6.92 Å². The number of anilines is 1. The Bertz CT molecular complexity index is 320. The van der Waals surface area contributed by atoms with Crippen LogP contribution in [0.25, 0.3) is 0 Å². The smallest absolute Gasteiger partial charge is 0.202 e. The zero-order chi connectivity index (χ0) is 11.4. The third-order valence-corrected chi connectivity index (χ3v) is 3.26. The normalized spacial score (nSPS) is 17.4. The van der Waals surface area contributed by atoms with Gasteiger partial charge in [0.1, 0.15) is 0 Å². The van der Waals surface area contributed by atoms with Crippen LogP contribution in [0.1, 0.15) is 19.8 Å². The Labute approximate surface area is 97.0 Å². The Hall–Kier alpha value is -1.03. The average molecular weight is 223 g/mol. The van der Waals surface area contributed by atoms with Crippen LogP contribution in [0, 0.1) is 11.8 Å². The minimum Gasteiger partial charge on any atom is -0.383 e. The molecular formula is C12H21N3O. The van der Waals surface area contributed by atoms with E-state index in [2.05, 4.69) is 21.8 Å². The molecule has 1 heterocycles. The minimum atomic E-state index is 0.725. The number of aromatic nitrogens is 2. The molecule has 1 aliphatic carbocycles. The molecular weight excluding hydrogens is 202 g/mol. The third-order valence-electron chi connectivity index (χ3n) is 3.26. The molecule has 1 atom stereocenters. The number of hydrogen-bond acceptors (Lipinski definition) is 3. The Morgan fingerprint density at radius 3 is 3.12 bits per heavy atom. The fourth-order valence-corrected chi connectivity index (χ4v) is 1.93. The number of rotatable bonds is 7. The van der Waals surface area contributed by atoms with Crippen molar-refractivity contribution in [1.29, 1.82) is 0 Å². The van der Waals surface area contributed by atoms with E-state index in [0.717, 1.165) is 37.5 Å². The van der Waals surface area contributed by atoms with Crippen LogP contribution >= 0.6 is 0 Å². The number of hydrogen-bond donors (Lipinski definition) is 1. The van der Waals surface area contributed by atoms with Gasteiger partial charge in [0.15, 0.2) is 0 Å². The maximum Gasteiger partial charge on any atom is 0.202 e. The molecule has 16 heavy (non-hydrogen) atoms. The molecule has 90 valence electrons. The second kappa shape index (κ2) is 5.34. The van der Waals surface area contributed by atoms with Gasteiger partial charge in [-0.3, -0.25) is 0 Å². The zero-order valence-corrected chi connectivity index (χ0v) is 10.1. The van der Waals surface area contributed by atoms with Crippen LogP contribution in [0.3, 0.4) is 0 Å². The highest BCUT2D eigenvalue weighted by atomic mass is 16.5. The molecule has 4 nitrogen and oxygen atoms in total. The summed E-state index contributed by atoms with van der Waals surface area (Å²) in [5.41, 5.74) is 0. The van der Waals surface area contributed by atoms with E-state index in [0.29, 0.717) is 0 Å². The Balaban J connectivity index is 1.80. The standard InChI is InChI=1S/C12H21N3O/c1-10(11-3-4-11)9-14-12-13-5-6-15(12)7-8-16-2/h5-6,10-11H,3-4,7-9H2,1-2H3,(H,13,14). The maximum atomic E-state index is 5.07. The number of imidazole rings is 1. The molecule has 1 aromatic rings. The van der Waals surface area contributed by atoms with Crippen molar-refractivity contribution in [3.05, 3.63) is 12.4 Å². The predicted molar refractivity (Wildman–Crippen MR) is 64.5 cm³/mol. The lowest BCUT2D eigenvalue weighted by Crippen LogP contribution is -2.16. The monoisotopic (exact) mass is 223 g/mol. The molecule has 0 saturated heterocycles. The summed E-state index contributed by atoms with van der Waals surface area (Å²) in [6.07, 6.45) is 6.63. The molecule has 1 aromatic heterocycles. The van der Waals surface area contributed by atoms with Crippen molar-refractivity contribution in [2.45, 2.75) is 26.3 Å². The second-order valence-corrected chi connectivity index (χ2v) is 4.63. The van der Waals surface area contributed by atoms with Gasteiger partial charge in [-0.05, 0) is 24.7 Å². The van der Waals surface area contributed by atoms with Crippen molar-refractivity contribution >= 4 is 5.95 Å². The van der Waals surface area contributed by atoms with Crippen LogP contribution < -0.4 is 5.32 Å². The summed E-state index contributed by atoms with van der Waals surface area (Å²) in [4.78, 5) is 4.32. The summed E-state index contributed by atoms with van der Waals surface area (Å²) in [5.74, 6) is 2.66. The molecule has 2 rings (SSSR count). The summed E-state index contributed by atoms with van der Waals surface area (Å²) < 4.78 is 7.17. The average Bonchev–Trinajstić information content (AvgIpc) is 3.04. The molecule has 1 aliphatic rings. The van der Waals surface area contributed by atoms with Crippen LogP contribution in [0.15, 0.2) is 12.4 Å². The van der Waals surface area contributed by atoms with E-state index >= 15 is 0 Å². The first-order chi connectivity index (χ1) is 7.81. The Morgan fingerprint density at radius 1 is 1.62 bits per heavy atom. The summed E-state index contributed by atoms with van der Waals surface area (Å²) in [5, 5.41) is 3.42. The summed E-state index contributed by atoms with van der Waals surface area (Å²) in [6.45, 7) is 4.92. The van der Waals surface area contributed by atoms with Crippen molar-refractivity contribution in [3.8, 4) is 0 Å². The molecule has 1 unspecified atom stereocenters. The van der Waals surface area contributed by atoms with E-state index in [9.17, 15) is 0 Å². The first kappa shape index (κ1) is 11.5.